The Balaban J connectivity index is 4.38. The maximum absolute atomic E-state index is 10.8. The molecule has 0 saturated carbocycles. The van der Waals surface area contributed by atoms with E-state index in [1.807, 2.05) is 6.92 Å². The van der Waals surface area contributed by atoms with Crippen molar-refractivity contribution in [3.8, 4) is 0 Å². The maximum atomic E-state index is 10.8. The predicted molar refractivity (Wildman–Crippen MR) is 51.1 cm³/mol. The average Bonchev–Trinajstić information content (AvgIpc) is 2.11. The lowest BCUT2D eigenvalue weighted by atomic mass is 9.98. The van der Waals surface area contributed by atoms with Crippen LogP contribution < -0.4 is 5.32 Å². The van der Waals surface area contributed by atoms with Crippen LogP contribution in [0.25, 0.3) is 0 Å². The van der Waals surface area contributed by atoms with E-state index in [1.165, 1.54) is 6.92 Å². The molecule has 0 radical (unpaired) electrons. The molecular formula is C9H17NO4. The molecule has 0 bridgehead atoms. The van der Waals surface area contributed by atoms with Crippen LogP contribution in [0.1, 0.15) is 27.2 Å². The van der Waals surface area contributed by atoms with Gasteiger partial charge in [0, 0.05) is 0 Å². The van der Waals surface area contributed by atoms with E-state index in [4.69, 9.17) is 10.2 Å². The second kappa shape index (κ2) is 5.59. The summed E-state index contributed by atoms with van der Waals surface area (Å²) in [6.07, 6.45) is 0.691. The molecular weight excluding hydrogens is 186 g/mol. The molecule has 5 heteroatoms. The van der Waals surface area contributed by atoms with Gasteiger partial charge in [-0.1, -0.05) is 20.3 Å². The van der Waals surface area contributed by atoms with Crippen LogP contribution in [0.3, 0.4) is 0 Å². The van der Waals surface area contributed by atoms with Gasteiger partial charge in [-0.2, -0.15) is 0 Å². The third-order valence-corrected chi connectivity index (χ3v) is 2.28. The first-order valence-electron chi connectivity index (χ1n) is 4.61. The Bertz CT molecular complexity index is 217. The summed E-state index contributed by atoms with van der Waals surface area (Å²) < 4.78 is 0. The zero-order valence-electron chi connectivity index (χ0n) is 8.65. The quantitative estimate of drug-likeness (QED) is 0.586. The van der Waals surface area contributed by atoms with Crippen molar-refractivity contribution < 1.29 is 19.8 Å². The van der Waals surface area contributed by atoms with Crippen LogP contribution in [0.2, 0.25) is 0 Å². The van der Waals surface area contributed by atoms with E-state index in [0.717, 1.165) is 0 Å². The molecule has 3 atom stereocenters. The summed E-state index contributed by atoms with van der Waals surface area (Å²) >= 11 is 0. The lowest BCUT2D eigenvalue weighted by Crippen LogP contribution is -2.48. The zero-order chi connectivity index (χ0) is 11.3. The number of hydrogen-bond acceptors (Lipinski definition) is 3. The highest BCUT2D eigenvalue weighted by Crippen LogP contribution is 2.08. The largest absolute Gasteiger partial charge is 0.480 e. The van der Waals surface area contributed by atoms with E-state index in [2.05, 4.69) is 5.32 Å². The van der Waals surface area contributed by atoms with Crippen molar-refractivity contribution >= 4 is 11.9 Å². The minimum atomic E-state index is -1.04. The lowest BCUT2D eigenvalue weighted by molar-refractivity contribution is -0.143. The molecule has 0 fully saturated rings. The Morgan fingerprint density at radius 2 is 1.71 bits per heavy atom. The molecule has 3 N–H and O–H groups in total. The maximum Gasteiger partial charge on any atom is 0.320 e. The van der Waals surface area contributed by atoms with Crippen LogP contribution in [-0.2, 0) is 9.59 Å². The highest BCUT2D eigenvalue weighted by molar-refractivity contribution is 5.77. The molecule has 0 aromatic rings. The van der Waals surface area contributed by atoms with Crippen LogP contribution in [0.15, 0.2) is 0 Å². The Labute approximate surface area is 83.1 Å². The van der Waals surface area contributed by atoms with Gasteiger partial charge in [0.2, 0.25) is 0 Å². The van der Waals surface area contributed by atoms with Gasteiger partial charge in [-0.25, -0.2) is 0 Å². The van der Waals surface area contributed by atoms with Gasteiger partial charge in [0.1, 0.15) is 12.1 Å². The number of carboxylic acid groups (broad SMARTS) is 2. The molecule has 0 heterocycles. The molecule has 82 valence electrons. The number of carboxylic acids is 2. The molecule has 0 aliphatic carbocycles. The lowest BCUT2D eigenvalue weighted by Gasteiger charge is -2.22. The van der Waals surface area contributed by atoms with Gasteiger partial charge in [-0.05, 0) is 12.8 Å². The second-order valence-corrected chi connectivity index (χ2v) is 3.43. The molecule has 0 rings (SSSR count). The number of rotatable bonds is 6. The monoisotopic (exact) mass is 203 g/mol. The van der Waals surface area contributed by atoms with E-state index in [0.29, 0.717) is 6.42 Å². The summed E-state index contributed by atoms with van der Waals surface area (Å²) in [4.78, 5) is 21.3. The smallest absolute Gasteiger partial charge is 0.320 e. The van der Waals surface area contributed by atoms with Gasteiger partial charge in [-0.3, -0.25) is 14.9 Å². The highest BCUT2D eigenvalue weighted by Gasteiger charge is 2.26. The summed E-state index contributed by atoms with van der Waals surface area (Å²) in [5.41, 5.74) is 0. The molecule has 0 amide bonds. The Hall–Kier alpha value is -1.10. The molecule has 0 saturated heterocycles. The fraction of sp³-hybridized carbons (Fsp3) is 0.778. The van der Waals surface area contributed by atoms with Gasteiger partial charge in [0.15, 0.2) is 0 Å². The van der Waals surface area contributed by atoms with Crippen LogP contribution in [-0.4, -0.2) is 34.2 Å². The van der Waals surface area contributed by atoms with Crippen molar-refractivity contribution in [1.29, 1.82) is 0 Å². The number of carbonyl (C=O) groups is 2. The van der Waals surface area contributed by atoms with Crippen molar-refractivity contribution in [2.24, 2.45) is 5.92 Å². The minimum Gasteiger partial charge on any atom is -0.480 e. The van der Waals surface area contributed by atoms with Gasteiger partial charge >= 0.3 is 11.9 Å². The van der Waals surface area contributed by atoms with E-state index >= 15 is 0 Å². The summed E-state index contributed by atoms with van der Waals surface area (Å²) in [6, 6.07) is -1.64. The van der Waals surface area contributed by atoms with E-state index < -0.39 is 24.0 Å². The Morgan fingerprint density at radius 3 is 2.00 bits per heavy atom. The SMILES string of the molecule is CC[C@H](C)[C@H](NC(C)C(=O)O)C(=O)O. The highest BCUT2D eigenvalue weighted by atomic mass is 16.4. The average molecular weight is 203 g/mol. The van der Waals surface area contributed by atoms with Crippen LogP contribution >= 0.6 is 0 Å². The van der Waals surface area contributed by atoms with Crippen LogP contribution in [0.4, 0.5) is 0 Å². The summed E-state index contributed by atoms with van der Waals surface area (Å²) in [7, 11) is 0. The van der Waals surface area contributed by atoms with Gasteiger partial charge in [0.25, 0.3) is 0 Å². The number of hydrogen-bond donors (Lipinski definition) is 3. The number of nitrogens with one attached hydrogen (secondary N) is 1. The Morgan fingerprint density at radius 1 is 1.21 bits per heavy atom. The molecule has 5 nitrogen and oxygen atoms in total. The topological polar surface area (TPSA) is 86.6 Å². The van der Waals surface area contributed by atoms with E-state index in [9.17, 15) is 9.59 Å². The third-order valence-electron chi connectivity index (χ3n) is 2.28. The van der Waals surface area contributed by atoms with E-state index in [1.54, 1.807) is 6.92 Å². The Kier molecular flexibility index (Phi) is 5.15. The summed E-state index contributed by atoms with van der Waals surface area (Å²) in [6.45, 7) is 5.08. The fourth-order valence-corrected chi connectivity index (χ4v) is 1.06. The van der Waals surface area contributed by atoms with Crippen molar-refractivity contribution in [1.82, 2.24) is 5.32 Å². The summed E-state index contributed by atoms with van der Waals surface area (Å²) in [5, 5.41) is 20.0. The molecule has 0 aliphatic heterocycles. The van der Waals surface area contributed by atoms with Crippen molar-refractivity contribution in [2.45, 2.75) is 39.3 Å². The summed E-state index contributed by atoms with van der Waals surface area (Å²) in [5.74, 6) is -2.14. The third kappa shape index (κ3) is 3.74. The van der Waals surface area contributed by atoms with Crippen molar-refractivity contribution in [3.63, 3.8) is 0 Å². The number of aliphatic carboxylic acids is 2. The van der Waals surface area contributed by atoms with Gasteiger partial charge < -0.3 is 10.2 Å². The molecule has 1 unspecified atom stereocenters. The standard InChI is InChI=1S/C9H17NO4/c1-4-5(2)7(9(13)14)10-6(3)8(11)12/h5-7,10H,4H2,1-3H3,(H,11,12)(H,13,14)/t5-,6?,7-/m0/s1. The van der Waals surface area contributed by atoms with Crippen LogP contribution in [0.5, 0.6) is 0 Å². The van der Waals surface area contributed by atoms with Crippen LogP contribution in [0, 0.1) is 5.92 Å². The minimum absolute atomic E-state index is 0.0886. The van der Waals surface area contributed by atoms with Crippen molar-refractivity contribution in [3.05, 3.63) is 0 Å². The first kappa shape index (κ1) is 12.9. The van der Waals surface area contributed by atoms with Gasteiger partial charge in [-0.15, -0.1) is 0 Å². The van der Waals surface area contributed by atoms with E-state index in [-0.39, 0.29) is 5.92 Å². The predicted octanol–water partition coefficient (Wildman–Crippen LogP) is 0.548. The molecule has 0 spiro atoms. The molecule has 0 aliphatic rings. The fourth-order valence-electron chi connectivity index (χ4n) is 1.06. The van der Waals surface area contributed by atoms with Gasteiger partial charge in [0.05, 0.1) is 0 Å². The second-order valence-electron chi connectivity index (χ2n) is 3.43. The zero-order valence-corrected chi connectivity index (χ0v) is 8.65. The van der Waals surface area contributed by atoms with Crippen molar-refractivity contribution in [2.75, 3.05) is 0 Å². The molecule has 14 heavy (non-hydrogen) atoms. The normalized spacial score (nSPS) is 17.1. The first-order chi connectivity index (χ1) is 6.40. The molecule has 0 aromatic heterocycles. The molecule has 0 aromatic carbocycles. The first-order valence-corrected chi connectivity index (χ1v) is 4.61.